The molecular weight excluding hydrogens is 250 g/mol. The molecule has 0 bridgehead atoms. The molecule has 1 atom stereocenters. The summed E-state index contributed by atoms with van der Waals surface area (Å²) in [6, 6.07) is 5.28. The van der Waals surface area contributed by atoms with E-state index in [2.05, 4.69) is 0 Å². The summed E-state index contributed by atoms with van der Waals surface area (Å²) >= 11 is 7.63. The summed E-state index contributed by atoms with van der Waals surface area (Å²) in [6.45, 7) is 0. The fourth-order valence-corrected chi connectivity index (χ4v) is 2.51. The molecule has 0 aliphatic carbocycles. The van der Waals surface area contributed by atoms with Crippen molar-refractivity contribution in [2.45, 2.75) is 11.8 Å². The van der Waals surface area contributed by atoms with Gasteiger partial charge in [-0.15, -0.1) is 11.6 Å². The van der Waals surface area contributed by atoms with E-state index in [9.17, 15) is 8.78 Å². The van der Waals surface area contributed by atoms with Crippen molar-refractivity contribution < 1.29 is 8.78 Å². The standard InChI is InChI=1S/C12H9ClF2S/c13-11(5-8-3-4-16-7-8)10-6-9(14)1-2-12(10)15/h1-4,6-7,11H,5H2. The Labute approximate surface area is 101 Å². The first-order valence-electron chi connectivity index (χ1n) is 4.77. The van der Waals surface area contributed by atoms with Gasteiger partial charge in [-0.1, -0.05) is 0 Å². The van der Waals surface area contributed by atoms with Gasteiger partial charge in [0.1, 0.15) is 11.6 Å². The SMILES string of the molecule is Fc1ccc(F)c(C(Cl)Cc2ccsc2)c1. The predicted octanol–water partition coefficient (Wildman–Crippen LogP) is 4.55. The van der Waals surface area contributed by atoms with Crippen LogP contribution in [0.4, 0.5) is 8.78 Å². The molecule has 0 amide bonds. The maximum Gasteiger partial charge on any atom is 0.128 e. The van der Waals surface area contributed by atoms with Crippen LogP contribution in [0, 0.1) is 11.6 Å². The lowest BCUT2D eigenvalue weighted by molar-refractivity contribution is 0.582. The fraction of sp³-hybridized carbons (Fsp3) is 0.167. The highest BCUT2D eigenvalue weighted by molar-refractivity contribution is 7.07. The van der Waals surface area contributed by atoms with E-state index in [1.54, 1.807) is 11.3 Å². The first-order chi connectivity index (χ1) is 7.66. The van der Waals surface area contributed by atoms with E-state index in [0.29, 0.717) is 6.42 Å². The van der Waals surface area contributed by atoms with Crippen LogP contribution in [0.3, 0.4) is 0 Å². The Morgan fingerprint density at radius 2 is 2.06 bits per heavy atom. The van der Waals surface area contributed by atoms with E-state index in [1.807, 2.05) is 16.8 Å². The summed E-state index contributed by atoms with van der Waals surface area (Å²) < 4.78 is 26.4. The summed E-state index contributed by atoms with van der Waals surface area (Å²) in [4.78, 5) is 0. The van der Waals surface area contributed by atoms with Crippen molar-refractivity contribution >= 4 is 22.9 Å². The van der Waals surface area contributed by atoms with E-state index in [4.69, 9.17) is 11.6 Å². The molecule has 1 aromatic carbocycles. The number of hydrogen-bond acceptors (Lipinski definition) is 1. The molecule has 1 aromatic heterocycles. The van der Waals surface area contributed by atoms with Crippen LogP contribution in [0.5, 0.6) is 0 Å². The lowest BCUT2D eigenvalue weighted by Gasteiger charge is -2.09. The molecule has 0 aliphatic rings. The van der Waals surface area contributed by atoms with Crippen molar-refractivity contribution in [1.82, 2.24) is 0 Å². The molecule has 4 heteroatoms. The van der Waals surface area contributed by atoms with Gasteiger partial charge in [0, 0.05) is 5.56 Å². The van der Waals surface area contributed by atoms with Gasteiger partial charge in [0.05, 0.1) is 5.38 Å². The van der Waals surface area contributed by atoms with E-state index in [-0.39, 0.29) is 5.56 Å². The normalized spacial score (nSPS) is 12.7. The summed E-state index contributed by atoms with van der Waals surface area (Å²) in [5.41, 5.74) is 1.25. The highest BCUT2D eigenvalue weighted by Crippen LogP contribution is 2.28. The van der Waals surface area contributed by atoms with Crippen LogP contribution < -0.4 is 0 Å². The van der Waals surface area contributed by atoms with Gasteiger partial charge in [-0.05, 0) is 47.0 Å². The maximum atomic E-state index is 13.4. The molecule has 2 aromatic rings. The van der Waals surface area contributed by atoms with Crippen molar-refractivity contribution in [2.24, 2.45) is 0 Å². The van der Waals surface area contributed by atoms with Crippen LogP contribution in [-0.2, 0) is 6.42 Å². The molecule has 0 saturated heterocycles. The number of benzene rings is 1. The second-order valence-corrected chi connectivity index (χ2v) is 4.78. The van der Waals surface area contributed by atoms with Gasteiger partial charge in [0.25, 0.3) is 0 Å². The lowest BCUT2D eigenvalue weighted by atomic mass is 10.1. The molecule has 1 unspecified atom stereocenters. The molecule has 0 N–H and O–H groups in total. The molecule has 16 heavy (non-hydrogen) atoms. The molecule has 0 aliphatic heterocycles. The van der Waals surface area contributed by atoms with E-state index >= 15 is 0 Å². The second kappa shape index (κ2) is 4.93. The fourth-order valence-electron chi connectivity index (χ4n) is 1.48. The van der Waals surface area contributed by atoms with Crippen molar-refractivity contribution in [3.63, 3.8) is 0 Å². The summed E-state index contributed by atoms with van der Waals surface area (Å²) in [5, 5.41) is 3.35. The third-order valence-corrected chi connectivity index (χ3v) is 3.41. The predicted molar refractivity (Wildman–Crippen MR) is 63.0 cm³/mol. The Kier molecular flexibility index (Phi) is 3.56. The number of alkyl halides is 1. The molecule has 1 heterocycles. The minimum Gasteiger partial charge on any atom is -0.207 e. The first-order valence-corrected chi connectivity index (χ1v) is 6.15. The topological polar surface area (TPSA) is 0 Å². The highest BCUT2D eigenvalue weighted by Gasteiger charge is 2.14. The zero-order chi connectivity index (χ0) is 11.5. The van der Waals surface area contributed by atoms with Crippen molar-refractivity contribution in [3.05, 3.63) is 57.8 Å². The van der Waals surface area contributed by atoms with E-state index < -0.39 is 17.0 Å². The third kappa shape index (κ3) is 2.60. The molecule has 0 spiro atoms. The van der Waals surface area contributed by atoms with Crippen LogP contribution in [0.2, 0.25) is 0 Å². The maximum absolute atomic E-state index is 13.4. The summed E-state index contributed by atoms with van der Waals surface area (Å²) in [5.74, 6) is -0.927. The zero-order valence-corrected chi connectivity index (χ0v) is 9.86. The molecule has 2 rings (SSSR count). The smallest absolute Gasteiger partial charge is 0.128 e. The van der Waals surface area contributed by atoms with Gasteiger partial charge in [0.15, 0.2) is 0 Å². The van der Waals surface area contributed by atoms with Crippen LogP contribution in [0.25, 0.3) is 0 Å². The first kappa shape index (κ1) is 11.6. The Balaban J connectivity index is 2.20. The van der Waals surface area contributed by atoms with E-state index in [0.717, 1.165) is 23.8 Å². The average molecular weight is 259 g/mol. The quantitative estimate of drug-likeness (QED) is 0.709. The lowest BCUT2D eigenvalue weighted by Crippen LogP contribution is -1.99. The summed E-state index contributed by atoms with van der Waals surface area (Å²) in [7, 11) is 0. The van der Waals surface area contributed by atoms with Gasteiger partial charge >= 0.3 is 0 Å². The highest BCUT2D eigenvalue weighted by atomic mass is 35.5. The van der Waals surface area contributed by atoms with Gasteiger partial charge in [-0.3, -0.25) is 0 Å². The van der Waals surface area contributed by atoms with Gasteiger partial charge in [0.2, 0.25) is 0 Å². The van der Waals surface area contributed by atoms with Crippen molar-refractivity contribution in [3.8, 4) is 0 Å². The minimum absolute atomic E-state index is 0.216. The van der Waals surface area contributed by atoms with Crippen molar-refractivity contribution in [2.75, 3.05) is 0 Å². The van der Waals surface area contributed by atoms with Gasteiger partial charge in [-0.25, -0.2) is 8.78 Å². The van der Waals surface area contributed by atoms with Crippen LogP contribution in [0.1, 0.15) is 16.5 Å². The monoisotopic (exact) mass is 258 g/mol. The van der Waals surface area contributed by atoms with Crippen LogP contribution >= 0.6 is 22.9 Å². The third-order valence-electron chi connectivity index (χ3n) is 2.29. The molecular formula is C12H9ClF2S. The number of thiophene rings is 1. The minimum atomic E-state index is -0.537. The van der Waals surface area contributed by atoms with Crippen LogP contribution in [-0.4, -0.2) is 0 Å². The van der Waals surface area contributed by atoms with Gasteiger partial charge < -0.3 is 0 Å². The van der Waals surface area contributed by atoms with E-state index in [1.165, 1.54) is 0 Å². The Bertz CT molecular complexity index is 468. The van der Waals surface area contributed by atoms with Crippen molar-refractivity contribution in [1.29, 1.82) is 0 Å². The van der Waals surface area contributed by atoms with Crippen LogP contribution in [0.15, 0.2) is 35.0 Å². The number of rotatable bonds is 3. The number of hydrogen-bond donors (Lipinski definition) is 0. The summed E-state index contributed by atoms with van der Waals surface area (Å²) in [6.07, 6.45) is 0.505. The largest absolute Gasteiger partial charge is 0.207 e. The molecule has 0 nitrogen and oxygen atoms in total. The number of halogens is 3. The Morgan fingerprint density at radius 1 is 1.25 bits per heavy atom. The second-order valence-electron chi connectivity index (χ2n) is 3.47. The molecule has 0 radical (unpaired) electrons. The molecule has 0 saturated carbocycles. The Hall–Kier alpha value is -0.930. The Morgan fingerprint density at radius 3 is 2.75 bits per heavy atom. The molecule has 84 valence electrons. The van der Waals surface area contributed by atoms with Gasteiger partial charge in [-0.2, -0.15) is 11.3 Å². The zero-order valence-electron chi connectivity index (χ0n) is 8.29. The molecule has 0 fully saturated rings. The average Bonchev–Trinajstić information content (AvgIpc) is 2.74.